The van der Waals surface area contributed by atoms with Gasteiger partial charge in [-0.3, -0.25) is 10.4 Å². The third kappa shape index (κ3) is 6.35. The minimum absolute atomic E-state index is 0.287. The Labute approximate surface area is 212 Å². The molecule has 0 unspecified atom stereocenters. The minimum atomic E-state index is 0.287. The highest BCUT2D eigenvalue weighted by Gasteiger charge is 2.13. The van der Waals surface area contributed by atoms with Crippen molar-refractivity contribution in [3.8, 4) is 6.01 Å². The molecule has 9 nitrogen and oxygen atoms in total. The summed E-state index contributed by atoms with van der Waals surface area (Å²) < 4.78 is 5.91. The molecule has 0 aliphatic carbocycles. The number of ether oxygens (including phenoxy) is 1. The fourth-order valence-electron chi connectivity index (χ4n) is 3.96. The average Bonchev–Trinajstić information content (AvgIpc) is 3.17. The van der Waals surface area contributed by atoms with E-state index in [9.17, 15) is 0 Å². The van der Waals surface area contributed by atoms with Gasteiger partial charge in [0, 0.05) is 48.0 Å². The van der Waals surface area contributed by atoms with Crippen molar-refractivity contribution < 1.29 is 4.74 Å². The molecule has 0 saturated heterocycles. The predicted molar refractivity (Wildman–Crippen MR) is 145 cm³/mol. The Morgan fingerprint density at radius 2 is 1.89 bits per heavy atom. The Kier molecular flexibility index (Phi) is 8.44. The second-order valence-electron chi connectivity index (χ2n) is 8.69. The number of nitrogens with zero attached hydrogens (tertiary/aromatic N) is 6. The van der Waals surface area contributed by atoms with Crippen LogP contribution in [-0.4, -0.2) is 50.8 Å². The first-order valence-corrected chi connectivity index (χ1v) is 12.5. The highest BCUT2D eigenvalue weighted by molar-refractivity contribution is 5.87. The quantitative estimate of drug-likeness (QED) is 0.213. The van der Waals surface area contributed by atoms with Gasteiger partial charge in [0.2, 0.25) is 5.95 Å². The number of benzene rings is 1. The second kappa shape index (κ2) is 12.1. The van der Waals surface area contributed by atoms with Gasteiger partial charge >= 0.3 is 6.01 Å². The fraction of sp³-hybridized carbons (Fsp3) is 0.370. The molecular weight excluding hydrogens is 452 g/mol. The standard InChI is InChI=1S/C27H34N8O/c1-5-14-35(15-6-2)26-31-25(32-27(33-26)36-16-12-21-9-7-8-13-28-21)18-29-34-22-10-11-24-23(17-22)19(3)20(4)30-24/h7-11,13,17-18,30,34H,5-6,12,14-16H2,1-4H3/b29-18+. The lowest BCUT2D eigenvalue weighted by molar-refractivity contribution is 0.293. The number of H-pyrrole nitrogens is 1. The number of nitrogens with one attached hydrogen (secondary N) is 2. The molecule has 36 heavy (non-hydrogen) atoms. The summed E-state index contributed by atoms with van der Waals surface area (Å²) in [7, 11) is 0. The Bertz CT molecular complexity index is 1300. The fourth-order valence-corrected chi connectivity index (χ4v) is 3.96. The Balaban J connectivity index is 1.52. The van der Waals surface area contributed by atoms with Crippen molar-refractivity contribution in [1.82, 2.24) is 24.9 Å². The lowest BCUT2D eigenvalue weighted by atomic mass is 10.1. The van der Waals surface area contributed by atoms with Crippen LogP contribution in [0, 0.1) is 13.8 Å². The monoisotopic (exact) mass is 486 g/mol. The van der Waals surface area contributed by atoms with E-state index in [4.69, 9.17) is 4.74 Å². The summed E-state index contributed by atoms with van der Waals surface area (Å²) in [6, 6.07) is 12.3. The molecule has 0 saturated carbocycles. The van der Waals surface area contributed by atoms with E-state index in [1.54, 1.807) is 12.4 Å². The van der Waals surface area contributed by atoms with Crippen LogP contribution in [0.5, 0.6) is 6.01 Å². The largest absolute Gasteiger partial charge is 0.463 e. The normalized spacial score (nSPS) is 11.3. The van der Waals surface area contributed by atoms with E-state index in [0.717, 1.165) is 42.8 Å². The molecule has 0 aliphatic heterocycles. The van der Waals surface area contributed by atoms with Crippen LogP contribution in [0.15, 0.2) is 47.7 Å². The van der Waals surface area contributed by atoms with E-state index >= 15 is 0 Å². The number of aryl methyl sites for hydroxylation is 2. The van der Waals surface area contributed by atoms with Crippen LogP contribution in [0.25, 0.3) is 10.9 Å². The van der Waals surface area contributed by atoms with Gasteiger partial charge in [-0.05, 0) is 62.6 Å². The number of aromatic amines is 1. The van der Waals surface area contributed by atoms with Crippen LogP contribution in [0.2, 0.25) is 0 Å². The van der Waals surface area contributed by atoms with Gasteiger partial charge in [0.1, 0.15) is 0 Å². The third-order valence-electron chi connectivity index (χ3n) is 5.89. The first kappa shape index (κ1) is 25.1. The summed E-state index contributed by atoms with van der Waals surface area (Å²) >= 11 is 0. The molecule has 4 rings (SSSR count). The molecule has 1 aromatic carbocycles. The van der Waals surface area contributed by atoms with Crippen LogP contribution in [-0.2, 0) is 6.42 Å². The molecule has 0 spiro atoms. The van der Waals surface area contributed by atoms with Gasteiger partial charge < -0.3 is 14.6 Å². The van der Waals surface area contributed by atoms with Crippen LogP contribution in [0.1, 0.15) is 49.5 Å². The number of hydrogen-bond acceptors (Lipinski definition) is 8. The Morgan fingerprint density at radius 1 is 1.06 bits per heavy atom. The number of anilines is 2. The highest BCUT2D eigenvalue weighted by Crippen LogP contribution is 2.24. The number of fused-ring (bicyclic) bond motifs is 1. The van der Waals surface area contributed by atoms with Gasteiger partial charge in [-0.25, -0.2) is 0 Å². The van der Waals surface area contributed by atoms with Gasteiger partial charge in [-0.15, -0.1) is 0 Å². The lowest BCUT2D eigenvalue weighted by Crippen LogP contribution is -2.27. The van der Waals surface area contributed by atoms with Crippen molar-refractivity contribution in [2.75, 3.05) is 30.0 Å². The number of hydrogen-bond donors (Lipinski definition) is 2. The zero-order valence-electron chi connectivity index (χ0n) is 21.5. The molecule has 188 valence electrons. The maximum atomic E-state index is 5.91. The molecule has 0 atom stereocenters. The molecular formula is C27H34N8O. The molecule has 3 aromatic heterocycles. The summed E-state index contributed by atoms with van der Waals surface area (Å²) in [5, 5.41) is 5.57. The number of aromatic nitrogens is 5. The van der Waals surface area contributed by atoms with Gasteiger partial charge in [0.15, 0.2) is 5.82 Å². The molecule has 0 radical (unpaired) electrons. The molecule has 0 amide bonds. The number of pyridine rings is 1. The van der Waals surface area contributed by atoms with Gasteiger partial charge in [0.05, 0.1) is 18.5 Å². The smallest absolute Gasteiger partial charge is 0.321 e. The second-order valence-corrected chi connectivity index (χ2v) is 8.69. The number of hydrazone groups is 1. The Morgan fingerprint density at radius 3 is 2.64 bits per heavy atom. The van der Waals surface area contributed by atoms with Crippen LogP contribution >= 0.6 is 0 Å². The molecule has 4 aromatic rings. The van der Waals surface area contributed by atoms with Crippen LogP contribution in [0.3, 0.4) is 0 Å². The zero-order chi connectivity index (χ0) is 25.3. The summed E-state index contributed by atoms with van der Waals surface area (Å²) in [4.78, 5) is 23.6. The van der Waals surface area contributed by atoms with E-state index < -0.39 is 0 Å². The van der Waals surface area contributed by atoms with Crippen LogP contribution in [0.4, 0.5) is 11.6 Å². The van der Waals surface area contributed by atoms with E-state index in [0.29, 0.717) is 24.8 Å². The highest BCUT2D eigenvalue weighted by atomic mass is 16.5. The minimum Gasteiger partial charge on any atom is -0.463 e. The summed E-state index contributed by atoms with van der Waals surface area (Å²) in [6.45, 7) is 10.6. The Hall–Kier alpha value is -4.01. The average molecular weight is 487 g/mol. The molecule has 0 bridgehead atoms. The van der Waals surface area contributed by atoms with E-state index in [1.165, 1.54) is 16.6 Å². The summed E-state index contributed by atoms with van der Waals surface area (Å²) in [6.07, 6.45) is 6.04. The summed E-state index contributed by atoms with van der Waals surface area (Å²) in [5.41, 5.74) is 8.46. The van der Waals surface area contributed by atoms with E-state index in [-0.39, 0.29) is 6.01 Å². The van der Waals surface area contributed by atoms with Gasteiger partial charge in [-0.1, -0.05) is 19.9 Å². The predicted octanol–water partition coefficient (Wildman–Crippen LogP) is 5.06. The first-order chi connectivity index (χ1) is 17.6. The van der Waals surface area contributed by atoms with Gasteiger partial charge in [0.25, 0.3) is 0 Å². The third-order valence-corrected chi connectivity index (χ3v) is 5.89. The lowest BCUT2D eigenvalue weighted by Gasteiger charge is -2.21. The van der Waals surface area contributed by atoms with E-state index in [1.807, 2.05) is 24.3 Å². The molecule has 0 fully saturated rings. The molecule has 3 heterocycles. The van der Waals surface area contributed by atoms with Crippen molar-refractivity contribution in [2.24, 2.45) is 5.10 Å². The maximum absolute atomic E-state index is 5.91. The van der Waals surface area contributed by atoms with Crippen LogP contribution < -0.4 is 15.1 Å². The van der Waals surface area contributed by atoms with E-state index in [2.05, 4.69) is 80.2 Å². The number of rotatable bonds is 12. The van der Waals surface area contributed by atoms with Gasteiger partial charge in [-0.2, -0.15) is 20.1 Å². The molecule has 0 aliphatic rings. The topological polar surface area (TPSA) is 104 Å². The maximum Gasteiger partial charge on any atom is 0.321 e. The van der Waals surface area contributed by atoms with Crippen molar-refractivity contribution in [3.63, 3.8) is 0 Å². The summed E-state index contributed by atoms with van der Waals surface area (Å²) in [5.74, 6) is 1.04. The van der Waals surface area contributed by atoms with Crippen molar-refractivity contribution in [3.05, 3.63) is 65.4 Å². The SMILES string of the molecule is CCCN(CCC)c1nc(/C=N/Nc2ccc3[nH]c(C)c(C)c3c2)nc(OCCc2ccccn2)n1. The van der Waals surface area contributed by atoms with Crippen molar-refractivity contribution in [2.45, 2.75) is 47.0 Å². The first-order valence-electron chi connectivity index (χ1n) is 12.5. The van der Waals surface area contributed by atoms with Crippen molar-refractivity contribution >= 4 is 28.8 Å². The zero-order valence-corrected chi connectivity index (χ0v) is 21.5. The molecule has 9 heteroatoms. The van der Waals surface area contributed by atoms with Crippen molar-refractivity contribution in [1.29, 1.82) is 0 Å². The molecule has 2 N–H and O–H groups in total.